The standard InChI is InChI=1S/C16H13N5O3/c22-9-15-13-2-1-7-19(13)14-8-17-10-18-16(14)20(15)11-3-5-12(6-4-11)21(23)24/h1-8,10,15,22H,9H2. The monoisotopic (exact) mass is 323 g/mol. The number of hydrogen-bond donors (Lipinski definition) is 1. The summed E-state index contributed by atoms with van der Waals surface area (Å²) in [6.07, 6.45) is 5.05. The van der Waals surface area contributed by atoms with Crippen LogP contribution in [-0.2, 0) is 0 Å². The molecule has 2 aromatic heterocycles. The van der Waals surface area contributed by atoms with Gasteiger partial charge in [0.2, 0.25) is 0 Å². The Morgan fingerprint density at radius 2 is 2.04 bits per heavy atom. The summed E-state index contributed by atoms with van der Waals surface area (Å²) in [6, 6.07) is 9.68. The van der Waals surface area contributed by atoms with Crippen molar-refractivity contribution in [2.45, 2.75) is 6.04 Å². The lowest BCUT2D eigenvalue weighted by Gasteiger charge is -2.37. The van der Waals surface area contributed by atoms with E-state index in [0.717, 1.165) is 11.4 Å². The molecule has 8 nitrogen and oxygen atoms in total. The van der Waals surface area contributed by atoms with Gasteiger partial charge in [-0.2, -0.15) is 0 Å². The Morgan fingerprint density at radius 3 is 2.75 bits per heavy atom. The van der Waals surface area contributed by atoms with E-state index >= 15 is 0 Å². The Labute approximate surface area is 136 Å². The van der Waals surface area contributed by atoms with Crippen LogP contribution in [0.5, 0.6) is 0 Å². The number of anilines is 2. The zero-order valence-electron chi connectivity index (χ0n) is 12.5. The van der Waals surface area contributed by atoms with Crippen molar-refractivity contribution in [3.8, 4) is 5.69 Å². The van der Waals surface area contributed by atoms with Gasteiger partial charge in [-0.25, -0.2) is 9.97 Å². The quantitative estimate of drug-likeness (QED) is 0.587. The second kappa shape index (κ2) is 5.43. The average Bonchev–Trinajstić information content (AvgIpc) is 3.10. The molecule has 0 radical (unpaired) electrons. The maximum Gasteiger partial charge on any atom is 0.269 e. The molecular formula is C16H13N5O3. The van der Waals surface area contributed by atoms with E-state index in [0.29, 0.717) is 11.5 Å². The first-order chi connectivity index (χ1) is 11.7. The van der Waals surface area contributed by atoms with E-state index < -0.39 is 4.92 Å². The molecule has 1 atom stereocenters. The van der Waals surface area contributed by atoms with Crippen LogP contribution >= 0.6 is 0 Å². The number of benzene rings is 1. The zero-order valence-corrected chi connectivity index (χ0v) is 12.5. The normalized spacial score (nSPS) is 15.7. The molecule has 0 aliphatic carbocycles. The molecule has 1 unspecified atom stereocenters. The molecule has 1 N–H and O–H groups in total. The van der Waals surface area contributed by atoms with Crippen molar-refractivity contribution >= 4 is 17.2 Å². The summed E-state index contributed by atoms with van der Waals surface area (Å²) in [5, 5.41) is 20.8. The Balaban J connectivity index is 1.89. The molecule has 1 aliphatic heterocycles. The summed E-state index contributed by atoms with van der Waals surface area (Å²) >= 11 is 0. The predicted octanol–water partition coefficient (Wildman–Crippen LogP) is 2.36. The maximum absolute atomic E-state index is 10.9. The molecule has 0 saturated heterocycles. The van der Waals surface area contributed by atoms with Gasteiger partial charge in [-0.1, -0.05) is 0 Å². The molecule has 3 heterocycles. The third-order valence-electron chi connectivity index (χ3n) is 4.11. The van der Waals surface area contributed by atoms with Gasteiger partial charge in [0.15, 0.2) is 5.82 Å². The summed E-state index contributed by atoms with van der Waals surface area (Å²) in [6.45, 7) is -0.121. The van der Waals surface area contributed by atoms with Gasteiger partial charge in [0.25, 0.3) is 5.69 Å². The maximum atomic E-state index is 10.9. The van der Waals surface area contributed by atoms with E-state index in [-0.39, 0.29) is 18.3 Å². The lowest BCUT2D eigenvalue weighted by atomic mass is 10.1. The molecule has 8 heteroatoms. The number of aliphatic hydroxyl groups is 1. The number of nitrogens with zero attached hydrogens (tertiary/aromatic N) is 5. The van der Waals surface area contributed by atoms with E-state index in [1.54, 1.807) is 18.3 Å². The minimum Gasteiger partial charge on any atom is -0.394 e. The zero-order chi connectivity index (χ0) is 16.7. The average molecular weight is 323 g/mol. The van der Waals surface area contributed by atoms with Gasteiger partial charge in [0.1, 0.15) is 12.0 Å². The van der Waals surface area contributed by atoms with Crippen LogP contribution in [0.1, 0.15) is 11.7 Å². The molecule has 1 aliphatic rings. The number of non-ortho nitro benzene ring substituents is 1. The highest BCUT2D eigenvalue weighted by molar-refractivity contribution is 5.72. The van der Waals surface area contributed by atoms with Crippen LogP contribution < -0.4 is 4.90 Å². The number of hydrogen-bond acceptors (Lipinski definition) is 6. The highest BCUT2D eigenvalue weighted by Gasteiger charge is 2.32. The topological polar surface area (TPSA) is 97.3 Å². The molecular weight excluding hydrogens is 310 g/mol. The highest BCUT2D eigenvalue weighted by atomic mass is 16.6. The van der Waals surface area contributed by atoms with Crippen molar-refractivity contribution in [2.75, 3.05) is 11.5 Å². The van der Waals surface area contributed by atoms with Crippen LogP contribution in [0.4, 0.5) is 17.2 Å². The van der Waals surface area contributed by atoms with Gasteiger partial charge < -0.3 is 14.6 Å². The fraction of sp³-hybridized carbons (Fsp3) is 0.125. The van der Waals surface area contributed by atoms with Crippen LogP contribution in [0.2, 0.25) is 0 Å². The van der Waals surface area contributed by atoms with Gasteiger partial charge in [-0.05, 0) is 24.3 Å². The molecule has 1 aromatic carbocycles. The van der Waals surface area contributed by atoms with Crippen molar-refractivity contribution in [3.63, 3.8) is 0 Å². The van der Waals surface area contributed by atoms with Crippen LogP contribution in [0.3, 0.4) is 0 Å². The van der Waals surface area contributed by atoms with E-state index in [1.807, 2.05) is 27.8 Å². The molecule has 0 spiro atoms. The number of fused-ring (bicyclic) bond motifs is 3. The summed E-state index contributed by atoms with van der Waals surface area (Å²) in [5.74, 6) is 0.640. The summed E-state index contributed by atoms with van der Waals surface area (Å²) in [7, 11) is 0. The number of aliphatic hydroxyl groups excluding tert-OH is 1. The summed E-state index contributed by atoms with van der Waals surface area (Å²) in [4.78, 5) is 20.7. The van der Waals surface area contributed by atoms with Gasteiger partial charge in [0.05, 0.1) is 23.8 Å². The van der Waals surface area contributed by atoms with Crippen molar-refractivity contribution in [1.82, 2.24) is 14.5 Å². The Hall–Kier alpha value is -3.26. The van der Waals surface area contributed by atoms with E-state index in [9.17, 15) is 15.2 Å². The summed E-state index contributed by atoms with van der Waals surface area (Å²) in [5.41, 5.74) is 2.42. The van der Waals surface area contributed by atoms with Crippen LogP contribution in [0, 0.1) is 10.1 Å². The fourth-order valence-corrected chi connectivity index (χ4v) is 3.05. The van der Waals surface area contributed by atoms with Crippen molar-refractivity contribution < 1.29 is 10.0 Å². The van der Waals surface area contributed by atoms with Gasteiger partial charge in [-0.15, -0.1) is 0 Å². The van der Waals surface area contributed by atoms with E-state index in [4.69, 9.17) is 0 Å². The SMILES string of the molecule is O=[N+]([O-])c1ccc(N2c3ncncc3-n3cccc3C2CO)cc1. The van der Waals surface area contributed by atoms with Crippen LogP contribution in [0.25, 0.3) is 5.69 Å². The minimum absolute atomic E-state index is 0.0163. The Kier molecular flexibility index (Phi) is 3.24. The van der Waals surface area contributed by atoms with Gasteiger partial charge in [-0.3, -0.25) is 10.1 Å². The first-order valence-corrected chi connectivity index (χ1v) is 7.33. The van der Waals surface area contributed by atoms with Crippen molar-refractivity contribution in [3.05, 3.63) is 70.9 Å². The first-order valence-electron chi connectivity index (χ1n) is 7.33. The molecule has 0 amide bonds. The van der Waals surface area contributed by atoms with Gasteiger partial charge in [0, 0.05) is 29.7 Å². The Bertz CT molecular complexity index is 906. The number of rotatable bonds is 3. The second-order valence-electron chi connectivity index (χ2n) is 5.38. The van der Waals surface area contributed by atoms with E-state index in [2.05, 4.69) is 9.97 Å². The summed E-state index contributed by atoms with van der Waals surface area (Å²) < 4.78 is 1.94. The molecule has 3 aromatic rings. The van der Waals surface area contributed by atoms with E-state index in [1.165, 1.54) is 18.5 Å². The number of nitro benzene ring substituents is 1. The van der Waals surface area contributed by atoms with Gasteiger partial charge >= 0.3 is 0 Å². The molecule has 0 bridgehead atoms. The molecule has 24 heavy (non-hydrogen) atoms. The third-order valence-corrected chi connectivity index (χ3v) is 4.11. The number of aromatic nitrogens is 3. The lowest BCUT2D eigenvalue weighted by Crippen LogP contribution is -2.33. The fourth-order valence-electron chi connectivity index (χ4n) is 3.05. The Morgan fingerprint density at radius 1 is 1.25 bits per heavy atom. The van der Waals surface area contributed by atoms with Crippen molar-refractivity contribution in [1.29, 1.82) is 0 Å². The molecule has 120 valence electrons. The van der Waals surface area contributed by atoms with Crippen LogP contribution in [0.15, 0.2) is 55.1 Å². The third kappa shape index (κ3) is 2.04. The molecule has 0 saturated carbocycles. The first kappa shape index (κ1) is 14.3. The van der Waals surface area contributed by atoms with Crippen LogP contribution in [-0.4, -0.2) is 31.2 Å². The van der Waals surface area contributed by atoms with Crippen molar-refractivity contribution in [2.24, 2.45) is 0 Å². The number of nitro groups is 1. The minimum atomic E-state index is -0.440. The predicted molar refractivity (Wildman–Crippen MR) is 86.4 cm³/mol. The molecule has 4 rings (SSSR count). The smallest absolute Gasteiger partial charge is 0.269 e. The second-order valence-corrected chi connectivity index (χ2v) is 5.38. The highest BCUT2D eigenvalue weighted by Crippen LogP contribution is 2.42. The largest absolute Gasteiger partial charge is 0.394 e. The lowest BCUT2D eigenvalue weighted by molar-refractivity contribution is -0.384. The molecule has 0 fully saturated rings.